The van der Waals surface area contributed by atoms with Crippen molar-refractivity contribution >= 4 is 33.6 Å². The summed E-state index contributed by atoms with van der Waals surface area (Å²) in [5, 5.41) is 7.86. The number of halogens is 3. The second kappa shape index (κ2) is 7.65. The third kappa shape index (κ3) is 4.41. The van der Waals surface area contributed by atoms with Crippen molar-refractivity contribution in [1.82, 2.24) is 14.3 Å². The van der Waals surface area contributed by atoms with Crippen LogP contribution in [0.1, 0.15) is 26.3 Å². The third-order valence-corrected chi connectivity index (χ3v) is 4.85. The van der Waals surface area contributed by atoms with E-state index in [9.17, 15) is 22.8 Å². The Kier molecular flexibility index (Phi) is 5.18. The van der Waals surface area contributed by atoms with Crippen LogP contribution in [-0.2, 0) is 18.0 Å². The van der Waals surface area contributed by atoms with Gasteiger partial charge in [-0.05, 0) is 63.2 Å². The molecule has 4 rings (SSSR count). The Morgan fingerprint density at radius 3 is 2.30 bits per heavy atom. The molecule has 0 fully saturated rings. The minimum Gasteiger partial charge on any atom is -0.444 e. The van der Waals surface area contributed by atoms with E-state index < -0.39 is 29.0 Å². The van der Waals surface area contributed by atoms with Crippen LogP contribution in [0.2, 0.25) is 0 Å². The van der Waals surface area contributed by atoms with Gasteiger partial charge in [0.2, 0.25) is 0 Å². The van der Waals surface area contributed by atoms with Crippen LogP contribution in [0, 0.1) is 0 Å². The minimum absolute atomic E-state index is 0.275. The van der Waals surface area contributed by atoms with Crippen molar-refractivity contribution in [2.45, 2.75) is 32.5 Å². The fraction of sp³-hybridized carbons (Fsp3) is 0.261. The van der Waals surface area contributed by atoms with Gasteiger partial charge < -0.3 is 4.74 Å². The highest BCUT2D eigenvalue weighted by atomic mass is 19.4. The fourth-order valence-electron chi connectivity index (χ4n) is 3.55. The van der Waals surface area contributed by atoms with Gasteiger partial charge in [0.05, 0.1) is 16.5 Å². The number of anilines is 1. The van der Waals surface area contributed by atoms with E-state index in [2.05, 4.69) is 10.4 Å². The first-order valence-corrected chi connectivity index (χ1v) is 10.0. The van der Waals surface area contributed by atoms with Crippen LogP contribution in [-0.4, -0.2) is 26.0 Å². The van der Waals surface area contributed by atoms with E-state index in [-0.39, 0.29) is 5.69 Å². The molecule has 0 atom stereocenters. The second-order valence-corrected chi connectivity index (χ2v) is 8.61. The number of hydrogen-bond acceptors (Lipinski definition) is 4. The van der Waals surface area contributed by atoms with Gasteiger partial charge in [-0.1, -0.05) is 0 Å². The van der Waals surface area contributed by atoms with Crippen LogP contribution in [0.5, 0.6) is 0 Å². The average Bonchev–Trinajstić information content (AvgIpc) is 3.09. The van der Waals surface area contributed by atoms with Gasteiger partial charge in [0, 0.05) is 30.0 Å². The van der Waals surface area contributed by atoms with Crippen LogP contribution >= 0.6 is 0 Å². The molecule has 2 aromatic carbocycles. The van der Waals surface area contributed by atoms with Crippen molar-refractivity contribution in [1.29, 1.82) is 0 Å². The Labute approximate surface area is 186 Å². The lowest BCUT2D eigenvalue weighted by Gasteiger charge is -2.20. The number of rotatable bonds is 2. The van der Waals surface area contributed by atoms with Crippen LogP contribution in [0.25, 0.3) is 27.5 Å². The molecule has 0 saturated heterocycles. The molecule has 1 amide bonds. The van der Waals surface area contributed by atoms with Gasteiger partial charge in [0.25, 0.3) is 5.56 Å². The second-order valence-electron chi connectivity index (χ2n) is 8.61. The molecule has 0 saturated carbocycles. The first kappa shape index (κ1) is 22.4. The first-order chi connectivity index (χ1) is 15.3. The number of aryl methyl sites for hydroxylation is 1. The molecule has 0 radical (unpaired) electrons. The number of nitrogens with zero attached hydrogens (tertiary/aromatic N) is 3. The van der Waals surface area contributed by atoms with Crippen molar-refractivity contribution in [3.8, 4) is 5.69 Å². The molecule has 0 bridgehead atoms. The Hall–Kier alpha value is -3.82. The number of carbonyl (C=O) groups excluding carboxylic acids is 1. The highest BCUT2D eigenvalue weighted by molar-refractivity contribution is 6.05. The van der Waals surface area contributed by atoms with E-state index >= 15 is 0 Å². The highest BCUT2D eigenvalue weighted by Crippen LogP contribution is 2.31. The first-order valence-electron chi connectivity index (χ1n) is 10.0. The van der Waals surface area contributed by atoms with Crippen LogP contribution < -0.4 is 10.9 Å². The van der Waals surface area contributed by atoms with E-state index in [1.807, 2.05) is 0 Å². The zero-order valence-corrected chi connectivity index (χ0v) is 18.3. The molecule has 0 spiro atoms. The van der Waals surface area contributed by atoms with E-state index in [0.717, 1.165) is 12.1 Å². The monoisotopic (exact) mass is 458 g/mol. The van der Waals surface area contributed by atoms with Crippen molar-refractivity contribution in [3.63, 3.8) is 0 Å². The van der Waals surface area contributed by atoms with Gasteiger partial charge >= 0.3 is 12.3 Å². The lowest BCUT2D eigenvalue weighted by atomic mass is 10.1. The Morgan fingerprint density at radius 1 is 1.03 bits per heavy atom. The molecular formula is C23H21F3N4O3. The Bertz CT molecular complexity index is 1430. The number of alkyl halides is 3. The van der Waals surface area contributed by atoms with E-state index in [1.54, 1.807) is 52.2 Å². The normalized spacial score (nSPS) is 12.3. The minimum atomic E-state index is -4.49. The average molecular weight is 458 g/mol. The summed E-state index contributed by atoms with van der Waals surface area (Å²) >= 11 is 0. The summed E-state index contributed by atoms with van der Waals surface area (Å²) in [5.41, 5.74) is -0.377. The molecule has 10 heteroatoms. The number of hydrogen-bond donors (Lipinski definition) is 1. The number of nitrogens with one attached hydrogen (secondary N) is 1. The predicted octanol–water partition coefficient (Wildman–Crippen LogP) is 5.24. The van der Waals surface area contributed by atoms with Gasteiger partial charge in [0.15, 0.2) is 0 Å². The number of benzene rings is 2. The van der Waals surface area contributed by atoms with E-state index in [1.165, 1.54) is 21.4 Å². The molecule has 7 nitrogen and oxygen atoms in total. The number of ether oxygens (including phenoxy) is 1. The number of fused-ring (bicyclic) bond motifs is 3. The topological polar surface area (TPSA) is 78.2 Å². The maximum atomic E-state index is 13.3. The summed E-state index contributed by atoms with van der Waals surface area (Å²) in [7, 11) is 1.66. The zero-order valence-electron chi connectivity index (χ0n) is 18.3. The van der Waals surface area contributed by atoms with Crippen molar-refractivity contribution < 1.29 is 22.7 Å². The molecule has 0 aliphatic heterocycles. The largest absolute Gasteiger partial charge is 0.444 e. The molecule has 0 unspecified atom stereocenters. The lowest BCUT2D eigenvalue weighted by Crippen LogP contribution is -2.27. The smallest absolute Gasteiger partial charge is 0.416 e. The van der Waals surface area contributed by atoms with Crippen molar-refractivity contribution in [2.24, 2.45) is 7.05 Å². The number of carbonyl (C=O) groups is 1. The maximum absolute atomic E-state index is 13.3. The van der Waals surface area contributed by atoms with Gasteiger partial charge in [-0.25, -0.2) is 4.79 Å². The van der Waals surface area contributed by atoms with E-state index in [4.69, 9.17) is 4.74 Å². The molecule has 1 N–H and O–H groups in total. The highest BCUT2D eigenvalue weighted by Gasteiger charge is 2.30. The van der Waals surface area contributed by atoms with Crippen LogP contribution in [0.3, 0.4) is 0 Å². The van der Waals surface area contributed by atoms with Crippen LogP contribution in [0.15, 0.2) is 53.5 Å². The maximum Gasteiger partial charge on any atom is 0.416 e. The molecule has 33 heavy (non-hydrogen) atoms. The quantitative estimate of drug-likeness (QED) is 0.446. The van der Waals surface area contributed by atoms with Crippen molar-refractivity contribution in [2.75, 3.05) is 5.32 Å². The van der Waals surface area contributed by atoms with Gasteiger partial charge in [-0.3, -0.25) is 19.4 Å². The van der Waals surface area contributed by atoms with Gasteiger partial charge in [0.1, 0.15) is 11.1 Å². The Balaban J connectivity index is 1.89. The summed E-state index contributed by atoms with van der Waals surface area (Å²) < 4.78 is 47.1. The van der Waals surface area contributed by atoms with Crippen molar-refractivity contribution in [3.05, 3.63) is 64.6 Å². The fourth-order valence-corrected chi connectivity index (χ4v) is 3.55. The molecule has 172 valence electrons. The number of aromatic nitrogens is 3. The standard InChI is InChI=1S/C23H21F3N4O3/c1-22(2,3)33-21(32)27-14-7-10-18-16(11-14)19-17(12-29(4)28-19)20(31)30(18)15-8-5-13(6-9-15)23(24,25)26/h5-12H,1-4H3,(H,27,32). The SMILES string of the molecule is Cn1cc2c(=O)n(-c3ccc(C(F)(F)F)cc3)c3ccc(NC(=O)OC(C)(C)C)cc3c2n1. The van der Waals surface area contributed by atoms with Crippen LogP contribution in [0.4, 0.5) is 23.7 Å². The molecule has 2 heterocycles. The summed E-state index contributed by atoms with van der Waals surface area (Å²) in [6, 6.07) is 9.20. The van der Waals surface area contributed by atoms with E-state index in [0.29, 0.717) is 27.5 Å². The zero-order chi connectivity index (χ0) is 24.1. The lowest BCUT2D eigenvalue weighted by molar-refractivity contribution is -0.137. The third-order valence-electron chi connectivity index (χ3n) is 4.85. The molecule has 0 aliphatic carbocycles. The number of amides is 1. The molecule has 0 aliphatic rings. The molecule has 2 aromatic heterocycles. The van der Waals surface area contributed by atoms with Gasteiger partial charge in [-0.2, -0.15) is 18.3 Å². The number of pyridine rings is 1. The Morgan fingerprint density at radius 2 is 1.70 bits per heavy atom. The summed E-state index contributed by atoms with van der Waals surface area (Å²) in [5.74, 6) is 0. The summed E-state index contributed by atoms with van der Waals surface area (Å²) in [6.07, 6.45) is -3.58. The predicted molar refractivity (Wildman–Crippen MR) is 119 cm³/mol. The summed E-state index contributed by atoms with van der Waals surface area (Å²) in [4.78, 5) is 25.4. The molecular weight excluding hydrogens is 437 g/mol. The van der Waals surface area contributed by atoms with Gasteiger partial charge in [-0.15, -0.1) is 0 Å². The molecule has 4 aromatic rings. The summed E-state index contributed by atoms with van der Waals surface area (Å²) in [6.45, 7) is 5.23.